The van der Waals surface area contributed by atoms with E-state index in [0.717, 1.165) is 12.0 Å². The van der Waals surface area contributed by atoms with Gasteiger partial charge in [-0.2, -0.15) is 0 Å². The zero-order valence-electron chi connectivity index (χ0n) is 16.0. The van der Waals surface area contributed by atoms with Gasteiger partial charge in [-0.15, -0.1) is 0 Å². The minimum absolute atomic E-state index is 0.115. The molecule has 1 fully saturated rings. The van der Waals surface area contributed by atoms with Gasteiger partial charge in [0.2, 0.25) is 11.8 Å². The van der Waals surface area contributed by atoms with Gasteiger partial charge in [-0.05, 0) is 43.0 Å². The summed E-state index contributed by atoms with van der Waals surface area (Å²) in [5.74, 6) is 0.0474. The normalized spacial score (nSPS) is 19.8. The standard InChI is InChI=1S/C22H27N3O2/c1-3-25-20(26)10-9-19(21(25)18-7-5-4-6-8-18)22(27)24(2)16-13-17-11-14-23-15-12-17/h4-8,11-12,14-15,19,21H,3,9-10,13,16H2,1-2H3/t19-,21+/m1/s1. The van der Waals surface area contributed by atoms with Gasteiger partial charge in [0.15, 0.2) is 0 Å². The Morgan fingerprint density at radius 2 is 1.89 bits per heavy atom. The fourth-order valence-electron chi connectivity index (χ4n) is 3.89. The van der Waals surface area contributed by atoms with Crippen molar-refractivity contribution in [2.45, 2.75) is 32.2 Å². The Morgan fingerprint density at radius 3 is 2.56 bits per heavy atom. The summed E-state index contributed by atoms with van der Waals surface area (Å²) in [6.07, 6.45) is 5.38. The van der Waals surface area contributed by atoms with E-state index < -0.39 is 0 Å². The number of likely N-dealkylation sites (N-methyl/N-ethyl adjacent to an activating group) is 1. The van der Waals surface area contributed by atoms with Gasteiger partial charge in [0.1, 0.15) is 0 Å². The van der Waals surface area contributed by atoms with Crippen LogP contribution in [0.2, 0.25) is 0 Å². The number of nitrogens with zero attached hydrogens (tertiary/aromatic N) is 3. The molecule has 1 aromatic carbocycles. The van der Waals surface area contributed by atoms with E-state index in [0.29, 0.717) is 25.9 Å². The van der Waals surface area contributed by atoms with Gasteiger partial charge in [0, 0.05) is 39.0 Å². The maximum absolute atomic E-state index is 13.2. The molecular weight excluding hydrogens is 338 g/mol. The van der Waals surface area contributed by atoms with E-state index in [4.69, 9.17) is 0 Å². The van der Waals surface area contributed by atoms with E-state index in [1.54, 1.807) is 12.4 Å². The molecule has 0 unspecified atom stereocenters. The number of carbonyl (C=O) groups is 2. The number of hydrogen-bond donors (Lipinski definition) is 0. The first-order valence-electron chi connectivity index (χ1n) is 9.60. The Hall–Kier alpha value is -2.69. The monoisotopic (exact) mass is 365 g/mol. The van der Waals surface area contributed by atoms with Gasteiger partial charge in [0.05, 0.1) is 12.0 Å². The summed E-state index contributed by atoms with van der Waals surface area (Å²) in [5.41, 5.74) is 2.20. The molecule has 3 rings (SSSR count). The van der Waals surface area contributed by atoms with Crippen LogP contribution in [0.25, 0.3) is 0 Å². The molecule has 2 amide bonds. The molecule has 27 heavy (non-hydrogen) atoms. The number of benzene rings is 1. The number of amides is 2. The van der Waals surface area contributed by atoms with Crippen LogP contribution in [0.5, 0.6) is 0 Å². The highest BCUT2D eigenvalue weighted by molar-refractivity contribution is 5.85. The molecule has 5 nitrogen and oxygen atoms in total. The third kappa shape index (κ3) is 4.35. The summed E-state index contributed by atoms with van der Waals surface area (Å²) < 4.78 is 0. The number of likely N-dealkylation sites (tertiary alicyclic amines) is 1. The van der Waals surface area contributed by atoms with Crippen molar-refractivity contribution >= 4 is 11.8 Å². The second-order valence-electron chi connectivity index (χ2n) is 7.05. The molecule has 1 saturated heterocycles. The van der Waals surface area contributed by atoms with Crippen LogP contribution in [0.1, 0.15) is 36.9 Å². The summed E-state index contributed by atoms with van der Waals surface area (Å²) in [7, 11) is 1.86. The minimum Gasteiger partial charge on any atom is -0.345 e. The van der Waals surface area contributed by atoms with E-state index in [9.17, 15) is 9.59 Å². The van der Waals surface area contributed by atoms with Crippen LogP contribution in [0, 0.1) is 5.92 Å². The van der Waals surface area contributed by atoms with Crippen molar-refractivity contribution in [3.63, 3.8) is 0 Å². The Morgan fingerprint density at radius 1 is 1.19 bits per heavy atom. The summed E-state index contributed by atoms with van der Waals surface area (Å²) in [6, 6.07) is 13.7. The third-order valence-corrected chi connectivity index (χ3v) is 5.37. The SMILES string of the molecule is CCN1C(=O)CC[C@@H](C(=O)N(C)CCc2ccncc2)[C@@H]1c1ccccc1. The lowest BCUT2D eigenvalue weighted by Crippen LogP contribution is -2.48. The van der Waals surface area contributed by atoms with Crippen molar-refractivity contribution in [2.24, 2.45) is 5.92 Å². The number of piperidine rings is 1. The number of carbonyl (C=O) groups excluding carboxylic acids is 2. The summed E-state index contributed by atoms with van der Waals surface area (Å²) in [6.45, 7) is 3.25. The first-order chi connectivity index (χ1) is 13.1. The van der Waals surface area contributed by atoms with E-state index in [-0.39, 0.29) is 23.8 Å². The molecule has 2 atom stereocenters. The van der Waals surface area contributed by atoms with E-state index in [1.807, 2.05) is 66.2 Å². The molecule has 0 bridgehead atoms. The van der Waals surface area contributed by atoms with Crippen LogP contribution in [0.3, 0.4) is 0 Å². The van der Waals surface area contributed by atoms with Crippen LogP contribution in [-0.2, 0) is 16.0 Å². The van der Waals surface area contributed by atoms with Crippen LogP contribution in [-0.4, -0.2) is 46.7 Å². The topological polar surface area (TPSA) is 53.5 Å². The van der Waals surface area contributed by atoms with E-state index >= 15 is 0 Å². The first-order valence-corrected chi connectivity index (χ1v) is 9.60. The van der Waals surface area contributed by atoms with Crippen molar-refractivity contribution in [2.75, 3.05) is 20.1 Å². The number of pyridine rings is 1. The van der Waals surface area contributed by atoms with Gasteiger partial charge in [0.25, 0.3) is 0 Å². The van der Waals surface area contributed by atoms with Crippen molar-refractivity contribution in [1.29, 1.82) is 0 Å². The van der Waals surface area contributed by atoms with Gasteiger partial charge >= 0.3 is 0 Å². The number of aromatic nitrogens is 1. The fraction of sp³-hybridized carbons (Fsp3) is 0.409. The second kappa shape index (κ2) is 8.80. The third-order valence-electron chi connectivity index (χ3n) is 5.37. The second-order valence-corrected chi connectivity index (χ2v) is 7.05. The Kier molecular flexibility index (Phi) is 6.22. The molecule has 0 saturated carbocycles. The van der Waals surface area contributed by atoms with Gasteiger partial charge in [-0.1, -0.05) is 30.3 Å². The molecule has 1 aliphatic rings. The molecule has 1 aromatic heterocycles. The van der Waals surface area contributed by atoms with Crippen molar-refractivity contribution in [3.05, 3.63) is 66.0 Å². The number of hydrogen-bond acceptors (Lipinski definition) is 3. The average Bonchev–Trinajstić information content (AvgIpc) is 2.72. The molecule has 142 valence electrons. The van der Waals surface area contributed by atoms with Crippen molar-refractivity contribution in [1.82, 2.24) is 14.8 Å². The lowest BCUT2D eigenvalue weighted by Gasteiger charge is -2.41. The van der Waals surface area contributed by atoms with Gasteiger partial charge < -0.3 is 9.80 Å². The highest BCUT2D eigenvalue weighted by Gasteiger charge is 2.40. The summed E-state index contributed by atoms with van der Waals surface area (Å²) in [5, 5.41) is 0. The molecule has 0 N–H and O–H groups in total. The summed E-state index contributed by atoms with van der Waals surface area (Å²) in [4.78, 5) is 33.4. The highest BCUT2D eigenvalue weighted by atomic mass is 16.2. The maximum atomic E-state index is 13.2. The van der Waals surface area contributed by atoms with Crippen LogP contribution >= 0.6 is 0 Å². The summed E-state index contributed by atoms with van der Waals surface area (Å²) >= 11 is 0. The maximum Gasteiger partial charge on any atom is 0.227 e. The molecule has 5 heteroatoms. The Bertz CT molecular complexity index is 764. The number of rotatable bonds is 6. The van der Waals surface area contributed by atoms with Crippen LogP contribution in [0.15, 0.2) is 54.9 Å². The van der Waals surface area contributed by atoms with Crippen LogP contribution < -0.4 is 0 Å². The Labute approximate surface area is 161 Å². The molecule has 0 radical (unpaired) electrons. The molecule has 0 aliphatic carbocycles. The first kappa shape index (κ1) is 19.1. The smallest absolute Gasteiger partial charge is 0.227 e. The van der Waals surface area contributed by atoms with E-state index in [1.165, 1.54) is 5.56 Å². The Balaban J connectivity index is 1.77. The molecular formula is C22H27N3O2. The predicted molar refractivity (Wildman–Crippen MR) is 105 cm³/mol. The van der Waals surface area contributed by atoms with Crippen molar-refractivity contribution in [3.8, 4) is 0 Å². The zero-order chi connectivity index (χ0) is 19.2. The lowest BCUT2D eigenvalue weighted by molar-refractivity contribution is -0.147. The van der Waals surface area contributed by atoms with Gasteiger partial charge in [-0.25, -0.2) is 0 Å². The van der Waals surface area contributed by atoms with Crippen LogP contribution in [0.4, 0.5) is 0 Å². The zero-order valence-corrected chi connectivity index (χ0v) is 16.0. The highest BCUT2D eigenvalue weighted by Crippen LogP contribution is 2.37. The molecule has 2 heterocycles. The minimum atomic E-state index is -0.201. The molecule has 0 spiro atoms. The predicted octanol–water partition coefficient (Wildman–Crippen LogP) is 3.08. The van der Waals surface area contributed by atoms with Gasteiger partial charge in [-0.3, -0.25) is 14.6 Å². The molecule has 2 aromatic rings. The lowest BCUT2D eigenvalue weighted by atomic mass is 9.83. The largest absolute Gasteiger partial charge is 0.345 e. The average molecular weight is 365 g/mol. The van der Waals surface area contributed by atoms with Crippen molar-refractivity contribution < 1.29 is 9.59 Å². The quantitative estimate of drug-likeness (QED) is 0.790. The van der Waals surface area contributed by atoms with E-state index in [2.05, 4.69) is 4.98 Å². The molecule has 1 aliphatic heterocycles. The fourth-order valence-corrected chi connectivity index (χ4v) is 3.89.